The van der Waals surface area contributed by atoms with E-state index in [9.17, 15) is 0 Å². The third-order valence-corrected chi connectivity index (χ3v) is 6.25. The molecular formula is C17H22. The summed E-state index contributed by atoms with van der Waals surface area (Å²) in [5.74, 6) is 3.12. The Balaban J connectivity index is 1.75. The highest BCUT2D eigenvalue weighted by molar-refractivity contribution is 5.43. The van der Waals surface area contributed by atoms with Crippen LogP contribution in [-0.4, -0.2) is 0 Å². The van der Waals surface area contributed by atoms with Crippen LogP contribution in [0.4, 0.5) is 0 Å². The van der Waals surface area contributed by atoms with Crippen LogP contribution in [-0.2, 0) is 0 Å². The first-order valence-corrected chi connectivity index (χ1v) is 7.20. The van der Waals surface area contributed by atoms with Gasteiger partial charge in [0.25, 0.3) is 0 Å². The second kappa shape index (κ2) is 2.96. The van der Waals surface area contributed by atoms with E-state index in [1.165, 1.54) is 30.4 Å². The van der Waals surface area contributed by atoms with Crippen molar-refractivity contribution in [2.24, 2.45) is 17.3 Å². The fourth-order valence-corrected chi connectivity index (χ4v) is 5.08. The summed E-state index contributed by atoms with van der Waals surface area (Å²) < 4.78 is 0. The van der Waals surface area contributed by atoms with Crippen molar-refractivity contribution in [3.05, 3.63) is 34.4 Å². The van der Waals surface area contributed by atoms with Crippen molar-refractivity contribution in [2.45, 2.75) is 52.4 Å². The molecule has 4 rings (SSSR count). The average Bonchev–Trinajstić information content (AvgIpc) is 2.95. The molecule has 1 aromatic carbocycles. The molecule has 0 heteroatoms. The second-order valence-corrected chi connectivity index (χ2v) is 6.87. The molecule has 3 fully saturated rings. The van der Waals surface area contributed by atoms with Crippen molar-refractivity contribution in [2.75, 3.05) is 0 Å². The Bertz CT molecular complexity index is 499. The average molecular weight is 226 g/mol. The molecule has 0 aromatic heterocycles. The Hall–Kier alpha value is -0.780. The van der Waals surface area contributed by atoms with E-state index in [1.54, 1.807) is 17.5 Å². The number of rotatable bonds is 1. The summed E-state index contributed by atoms with van der Waals surface area (Å²) in [6, 6.07) is 4.90. The second-order valence-electron chi connectivity index (χ2n) is 6.87. The summed E-state index contributed by atoms with van der Waals surface area (Å²) in [4.78, 5) is 0. The highest BCUT2D eigenvalue weighted by atomic mass is 14.8. The summed E-state index contributed by atoms with van der Waals surface area (Å²) in [6.07, 6.45) is 6.10. The zero-order chi connectivity index (χ0) is 11.8. The summed E-state index contributed by atoms with van der Waals surface area (Å²) in [7, 11) is 0. The molecule has 3 aliphatic rings. The maximum atomic E-state index is 2.49. The van der Waals surface area contributed by atoms with E-state index < -0.39 is 0 Å². The minimum Gasteiger partial charge on any atom is -0.0558 e. The van der Waals surface area contributed by atoms with Crippen LogP contribution in [0.3, 0.4) is 0 Å². The summed E-state index contributed by atoms with van der Waals surface area (Å²) >= 11 is 0. The number of benzene rings is 1. The van der Waals surface area contributed by atoms with E-state index in [0.29, 0.717) is 0 Å². The quantitative estimate of drug-likeness (QED) is 0.660. The molecule has 0 heterocycles. The Labute approximate surface area is 104 Å². The fourth-order valence-electron chi connectivity index (χ4n) is 5.08. The van der Waals surface area contributed by atoms with Crippen molar-refractivity contribution >= 4 is 0 Å². The highest BCUT2D eigenvalue weighted by Crippen LogP contribution is 2.81. The Kier molecular flexibility index (Phi) is 1.77. The lowest BCUT2D eigenvalue weighted by Crippen LogP contribution is -2.35. The van der Waals surface area contributed by atoms with Crippen LogP contribution in [0.25, 0.3) is 0 Å². The van der Waals surface area contributed by atoms with Crippen molar-refractivity contribution in [3.63, 3.8) is 0 Å². The van der Waals surface area contributed by atoms with Crippen molar-refractivity contribution in [3.8, 4) is 0 Å². The molecular weight excluding hydrogens is 204 g/mol. The molecule has 1 aromatic rings. The Morgan fingerprint density at radius 3 is 2.35 bits per heavy atom. The molecule has 1 spiro atoms. The summed E-state index contributed by atoms with van der Waals surface area (Å²) in [5, 5.41) is 0. The zero-order valence-electron chi connectivity index (χ0n) is 11.2. The molecule has 4 atom stereocenters. The molecule has 0 N–H and O–H groups in total. The standard InChI is InChI=1S/C17H22/c1-10-6-12(3)15(7-11(10)2)16-8-13-4-5-14-9-17(13,14)16/h6-7,13-14,16H,4-5,8-9H2,1-3H3. The fraction of sp³-hybridized carbons (Fsp3) is 0.647. The molecule has 0 nitrogen and oxygen atoms in total. The van der Waals surface area contributed by atoms with Crippen LogP contribution in [0.5, 0.6) is 0 Å². The predicted octanol–water partition coefficient (Wildman–Crippen LogP) is 4.52. The van der Waals surface area contributed by atoms with Gasteiger partial charge in [0.15, 0.2) is 0 Å². The lowest BCUT2D eigenvalue weighted by Gasteiger charge is -2.45. The van der Waals surface area contributed by atoms with Gasteiger partial charge in [0.2, 0.25) is 0 Å². The van der Waals surface area contributed by atoms with Gasteiger partial charge in [-0.2, -0.15) is 0 Å². The van der Waals surface area contributed by atoms with Crippen molar-refractivity contribution in [1.29, 1.82) is 0 Å². The van der Waals surface area contributed by atoms with Gasteiger partial charge in [-0.1, -0.05) is 12.1 Å². The lowest BCUT2D eigenvalue weighted by molar-refractivity contribution is 0.118. The molecule has 17 heavy (non-hydrogen) atoms. The van der Waals surface area contributed by atoms with Gasteiger partial charge in [-0.05, 0) is 91.9 Å². The molecule has 3 saturated carbocycles. The number of hydrogen-bond donors (Lipinski definition) is 0. The van der Waals surface area contributed by atoms with Gasteiger partial charge >= 0.3 is 0 Å². The smallest absolute Gasteiger partial charge is 0.00944 e. The van der Waals surface area contributed by atoms with E-state index in [0.717, 1.165) is 23.2 Å². The van der Waals surface area contributed by atoms with Crippen molar-refractivity contribution in [1.82, 2.24) is 0 Å². The van der Waals surface area contributed by atoms with Gasteiger partial charge in [0.1, 0.15) is 0 Å². The Morgan fingerprint density at radius 1 is 0.941 bits per heavy atom. The predicted molar refractivity (Wildman–Crippen MR) is 71.3 cm³/mol. The first-order valence-electron chi connectivity index (χ1n) is 7.20. The van der Waals surface area contributed by atoms with Gasteiger partial charge < -0.3 is 0 Å². The van der Waals surface area contributed by atoms with Crippen LogP contribution in [0, 0.1) is 38.0 Å². The van der Waals surface area contributed by atoms with Gasteiger partial charge in [-0.3, -0.25) is 0 Å². The third kappa shape index (κ3) is 1.10. The minimum absolute atomic E-state index is 0.798. The SMILES string of the molecule is Cc1cc(C)c(C2CC3CCC4CC342)cc1C. The molecule has 0 bridgehead atoms. The van der Waals surface area contributed by atoms with Gasteiger partial charge in [0.05, 0.1) is 0 Å². The van der Waals surface area contributed by atoms with E-state index in [-0.39, 0.29) is 0 Å². The maximum absolute atomic E-state index is 2.49. The molecule has 3 aliphatic carbocycles. The van der Waals surface area contributed by atoms with Crippen LogP contribution in [0.15, 0.2) is 12.1 Å². The van der Waals surface area contributed by atoms with Crippen LogP contribution < -0.4 is 0 Å². The number of aryl methyl sites for hydroxylation is 3. The minimum atomic E-state index is 0.798. The van der Waals surface area contributed by atoms with Gasteiger partial charge in [0, 0.05) is 0 Å². The monoisotopic (exact) mass is 226 g/mol. The topological polar surface area (TPSA) is 0 Å². The maximum Gasteiger partial charge on any atom is -0.00944 e. The summed E-state index contributed by atoms with van der Waals surface area (Å²) in [5.41, 5.74) is 6.98. The molecule has 0 aliphatic heterocycles. The van der Waals surface area contributed by atoms with E-state index in [1.807, 2.05) is 0 Å². The van der Waals surface area contributed by atoms with E-state index in [4.69, 9.17) is 0 Å². The molecule has 0 saturated heterocycles. The van der Waals surface area contributed by atoms with Crippen LogP contribution >= 0.6 is 0 Å². The van der Waals surface area contributed by atoms with E-state index in [2.05, 4.69) is 32.9 Å². The van der Waals surface area contributed by atoms with E-state index >= 15 is 0 Å². The molecule has 90 valence electrons. The van der Waals surface area contributed by atoms with Crippen LogP contribution in [0.2, 0.25) is 0 Å². The molecule has 4 unspecified atom stereocenters. The van der Waals surface area contributed by atoms with Crippen molar-refractivity contribution < 1.29 is 0 Å². The number of hydrogen-bond acceptors (Lipinski definition) is 0. The van der Waals surface area contributed by atoms with Gasteiger partial charge in [-0.15, -0.1) is 0 Å². The normalized spacial score (nSPS) is 41.7. The first-order chi connectivity index (χ1) is 8.13. The van der Waals surface area contributed by atoms with Gasteiger partial charge in [-0.25, -0.2) is 0 Å². The zero-order valence-corrected chi connectivity index (χ0v) is 11.2. The largest absolute Gasteiger partial charge is 0.0558 e. The first kappa shape index (κ1) is 10.2. The Morgan fingerprint density at radius 2 is 1.65 bits per heavy atom. The van der Waals surface area contributed by atoms with Crippen LogP contribution in [0.1, 0.15) is 53.9 Å². The third-order valence-electron chi connectivity index (χ3n) is 6.25. The molecule has 0 radical (unpaired) electrons. The summed E-state index contributed by atoms with van der Waals surface area (Å²) in [6.45, 7) is 6.83. The highest BCUT2D eigenvalue weighted by Gasteiger charge is 2.72. The lowest BCUT2D eigenvalue weighted by atomic mass is 9.59. The molecule has 0 amide bonds.